The zero-order valence-corrected chi connectivity index (χ0v) is 11.0. The first-order valence-corrected chi connectivity index (χ1v) is 6.08. The normalized spacial score (nSPS) is 10.2. The molecule has 5 heteroatoms. The Morgan fingerprint density at radius 3 is 2.50 bits per heavy atom. The van der Waals surface area contributed by atoms with E-state index in [0.29, 0.717) is 16.9 Å². The average Bonchev–Trinajstić information content (AvgIpc) is 2.49. The van der Waals surface area contributed by atoms with E-state index in [0.717, 1.165) is 0 Å². The molecule has 0 bridgehead atoms. The highest BCUT2D eigenvalue weighted by molar-refractivity contribution is 6.04. The van der Waals surface area contributed by atoms with Gasteiger partial charge in [0.15, 0.2) is 0 Å². The van der Waals surface area contributed by atoms with Crippen molar-refractivity contribution < 1.29 is 13.9 Å². The first-order chi connectivity index (χ1) is 9.63. The van der Waals surface area contributed by atoms with Gasteiger partial charge in [-0.3, -0.25) is 4.79 Å². The number of carbonyl (C=O) groups excluding carboxylic acids is 1. The molecule has 0 heterocycles. The van der Waals surface area contributed by atoms with Crippen LogP contribution in [-0.4, -0.2) is 13.0 Å². The Hall–Kier alpha value is -2.40. The Balaban J connectivity index is 2.14. The second-order valence-electron chi connectivity index (χ2n) is 4.20. The molecule has 2 rings (SSSR count). The fourth-order valence-corrected chi connectivity index (χ4v) is 1.72. The Kier molecular flexibility index (Phi) is 4.32. The molecule has 2 aromatic carbocycles. The SMILES string of the molecule is COc1ccc(C(=O)Nc2ccc(CN)cc2F)cc1. The Morgan fingerprint density at radius 1 is 1.25 bits per heavy atom. The number of amides is 1. The fraction of sp³-hybridized carbons (Fsp3) is 0.133. The van der Waals surface area contributed by atoms with Crippen molar-refractivity contribution in [2.75, 3.05) is 12.4 Å². The molecule has 0 aliphatic carbocycles. The second kappa shape index (κ2) is 6.16. The highest BCUT2D eigenvalue weighted by Crippen LogP contribution is 2.17. The lowest BCUT2D eigenvalue weighted by atomic mass is 10.1. The summed E-state index contributed by atoms with van der Waals surface area (Å²) in [4.78, 5) is 12.0. The molecule has 0 saturated heterocycles. The summed E-state index contributed by atoms with van der Waals surface area (Å²) in [7, 11) is 1.55. The third-order valence-electron chi connectivity index (χ3n) is 2.87. The number of ether oxygens (including phenoxy) is 1. The van der Waals surface area contributed by atoms with Gasteiger partial charge in [-0.15, -0.1) is 0 Å². The molecular formula is C15H15FN2O2. The third-order valence-corrected chi connectivity index (χ3v) is 2.87. The quantitative estimate of drug-likeness (QED) is 0.900. The van der Waals surface area contributed by atoms with E-state index in [-0.39, 0.29) is 18.1 Å². The van der Waals surface area contributed by atoms with Gasteiger partial charge in [-0.25, -0.2) is 4.39 Å². The van der Waals surface area contributed by atoms with Crippen molar-refractivity contribution in [1.29, 1.82) is 0 Å². The number of methoxy groups -OCH3 is 1. The van der Waals surface area contributed by atoms with Crippen LogP contribution in [0.5, 0.6) is 5.75 Å². The summed E-state index contributed by atoms with van der Waals surface area (Å²) in [6, 6.07) is 11.0. The van der Waals surface area contributed by atoms with Crippen LogP contribution in [0.15, 0.2) is 42.5 Å². The lowest BCUT2D eigenvalue weighted by molar-refractivity contribution is 0.102. The van der Waals surface area contributed by atoms with Crippen molar-refractivity contribution in [2.45, 2.75) is 6.54 Å². The van der Waals surface area contributed by atoms with E-state index in [2.05, 4.69) is 5.32 Å². The number of nitrogens with one attached hydrogen (secondary N) is 1. The Labute approximate surface area is 116 Å². The predicted octanol–water partition coefficient (Wildman–Crippen LogP) is 2.55. The summed E-state index contributed by atoms with van der Waals surface area (Å²) in [5.41, 5.74) is 6.65. The number of hydrogen-bond donors (Lipinski definition) is 2. The number of hydrogen-bond acceptors (Lipinski definition) is 3. The number of halogens is 1. The molecule has 2 aromatic rings. The lowest BCUT2D eigenvalue weighted by Crippen LogP contribution is -2.13. The molecule has 0 aliphatic rings. The van der Waals surface area contributed by atoms with Crippen LogP contribution in [0.2, 0.25) is 0 Å². The lowest BCUT2D eigenvalue weighted by Gasteiger charge is -2.08. The molecule has 3 N–H and O–H groups in total. The number of anilines is 1. The summed E-state index contributed by atoms with van der Waals surface area (Å²) >= 11 is 0. The molecule has 0 aromatic heterocycles. The average molecular weight is 274 g/mol. The molecule has 0 spiro atoms. The first-order valence-electron chi connectivity index (χ1n) is 6.08. The van der Waals surface area contributed by atoms with Gasteiger partial charge in [0.2, 0.25) is 0 Å². The molecule has 104 valence electrons. The molecule has 1 amide bonds. The van der Waals surface area contributed by atoms with Gasteiger partial charge < -0.3 is 15.8 Å². The minimum Gasteiger partial charge on any atom is -0.497 e. The van der Waals surface area contributed by atoms with Crippen LogP contribution < -0.4 is 15.8 Å². The Bertz CT molecular complexity index is 612. The Morgan fingerprint density at radius 2 is 1.95 bits per heavy atom. The highest BCUT2D eigenvalue weighted by Gasteiger charge is 2.09. The van der Waals surface area contributed by atoms with E-state index in [4.69, 9.17) is 10.5 Å². The topological polar surface area (TPSA) is 64.3 Å². The van der Waals surface area contributed by atoms with Crippen molar-refractivity contribution in [3.8, 4) is 5.75 Å². The van der Waals surface area contributed by atoms with Gasteiger partial charge in [-0.2, -0.15) is 0 Å². The molecule has 20 heavy (non-hydrogen) atoms. The van der Waals surface area contributed by atoms with E-state index in [1.54, 1.807) is 37.4 Å². The van der Waals surface area contributed by atoms with Crippen LogP contribution in [0.25, 0.3) is 0 Å². The number of carbonyl (C=O) groups is 1. The van der Waals surface area contributed by atoms with Crippen LogP contribution in [0, 0.1) is 5.82 Å². The van der Waals surface area contributed by atoms with Gasteiger partial charge in [0.05, 0.1) is 12.8 Å². The van der Waals surface area contributed by atoms with Crippen molar-refractivity contribution in [3.63, 3.8) is 0 Å². The number of rotatable bonds is 4. The predicted molar refractivity (Wildman–Crippen MR) is 75.2 cm³/mol. The summed E-state index contributed by atoms with van der Waals surface area (Å²) in [6.45, 7) is 0.254. The van der Waals surface area contributed by atoms with Crippen molar-refractivity contribution >= 4 is 11.6 Å². The van der Waals surface area contributed by atoms with Crippen LogP contribution in [0.3, 0.4) is 0 Å². The summed E-state index contributed by atoms with van der Waals surface area (Å²) in [5.74, 6) is -0.234. The molecule has 0 atom stereocenters. The summed E-state index contributed by atoms with van der Waals surface area (Å²) in [5, 5.41) is 2.52. The minimum absolute atomic E-state index is 0.128. The van der Waals surface area contributed by atoms with Gasteiger partial charge >= 0.3 is 0 Å². The van der Waals surface area contributed by atoms with Crippen LogP contribution >= 0.6 is 0 Å². The zero-order valence-electron chi connectivity index (χ0n) is 11.0. The maximum atomic E-state index is 13.7. The van der Waals surface area contributed by atoms with Gasteiger partial charge in [-0.1, -0.05) is 6.07 Å². The van der Waals surface area contributed by atoms with Crippen molar-refractivity contribution in [1.82, 2.24) is 0 Å². The minimum atomic E-state index is -0.505. The third kappa shape index (κ3) is 3.13. The van der Waals surface area contributed by atoms with E-state index in [1.807, 2.05) is 0 Å². The first kappa shape index (κ1) is 14.0. The number of nitrogens with two attached hydrogens (primary N) is 1. The standard InChI is InChI=1S/C15H15FN2O2/c1-20-12-5-3-11(4-6-12)15(19)18-14-7-2-10(9-17)8-13(14)16/h2-8H,9,17H2,1H3,(H,18,19). The summed E-state index contributed by atoms with van der Waals surface area (Å²) in [6.07, 6.45) is 0. The maximum Gasteiger partial charge on any atom is 0.255 e. The summed E-state index contributed by atoms with van der Waals surface area (Å²) < 4.78 is 18.7. The van der Waals surface area contributed by atoms with Gasteiger partial charge in [0.1, 0.15) is 11.6 Å². The molecule has 0 saturated carbocycles. The van der Waals surface area contributed by atoms with Gasteiger partial charge in [-0.05, 0) is 42.0 Å². The van der Waals surface area contributed by atoms with Crippen molar-refractivity contribution in [3.05, 3.63) is 59.4 Å². The smallest absolute Gasteiger partial charge is 0.255 e. The maximum absolute atomic E-state index is 13.7. The van der Waals surface area contributed by atoms with Crippen LogP contribution in [-0.2, 0) is 6.54 Å². The van der Waals surface area contributed by atoms with Crippen LogP contribution in [0.1, 0.15) is 15.9 Å². The number of benzene rings is 2. The molecule has 0 unspecified atom stereocenters. The highest BCUT2D eigenvalue weighted by atomic mass is 19.1. The fourth-order valence-electron chi connectivity index (χ4n) is 1.72. The molecule has 0 aliphatic heterocycles. The monoisotopic (exact) mass is 274 g/mol. The molecule has 0 fully saturated rings. The molecule has 0 radical (unpaired) electrons. The van der Waals surface area contributed by atoms with Crippen LogP contribution in [0.4, 0.5) is 10.1 Å². The largest absolute Gasteiger partial charge is 0.497 e. The van der Waals surface area contributed by atoms with E-state index in [1.165, 1.54) is 12.1 Å². The molecular weight excluding hydrogens is 259 g/mol. The van der Waals surface area contributed by atoms with Gasteiger partial charge in [0, 0.05) is 12.1 Å². The second-order valence-corrected chi connectivity index (χ2v) is 4.20. The van der Waals surface area contributed by atoms with E-state index >= 15 is 0 Å². The van der Waals surface area contributed by atoms with E-state index < -0.39 is 5.82 Å². The molecule has 4 nitrogen and oxygen atoms in total. The van der Waals surface area contributed by atoms with E-state index in [9.17, 15) is 9.18 Å². The van der Waals surface area contributed by atoms with Crippen molar-refractivity contribution in [2.24, 2.45) is 5.73 Å². The zero-order chi connectivity index (χ0) is 14.5. The van der Waals surface area contributed by atoms with Gasteiger partial charge in [0.25, 0.3) is 5.91 Å².